The van der Waals surface area contributed by atoms with E-state index in [4.69, 9.17) is 5.26 Å². The topological polar surface area (TPSA) is 53.6 Å². The molecule has 4 nitrogen and oxygen atoms in total. The summed E-state index contributed by atoms with van der Waals surface area (Å²) in [6, 6.07) is 8.34. The molecule has 0 saturated carbocycles. The maximum Gasteiger partial charge on any atom is 0.120 e. The molecule has 0 aliphatic heterocycles. The van der Waals surface area contributed by atoms with Crippen molar-refractivity contribution in [2.75, 3.05) is 0 Å². The molecule has 4 heteroatoms. The molecular weight excluding hydrogens is 224 g/mol. The third-order valence-electron chi connectivity index (χ3n) is 2.99. The average molecular weight is 240 g/mol. The van der Waals surface area contributed by atoms with E-state index in [1.54, 1.807) is 12.4 Å². The van der Waals surface area contributed by atoms with Crippen LogP contribution in [0.3, 0.4) is 0 Å². The molecule has 0 amide bonds. The predicted molar refractivity (Wildman–Crippen MR) is 69.6 cm³/mol. The van der Waals surface area contributed by atoms with Gasteiger partial charge in [0.2, 0.25) is 0 Å². The van der Waals surface area contributed by atoms with Crippen LogP contribution in [0.25, 0.3) is 0 Å². The molecule has 2 rings (SSSR count). The first-order chi connectivity index (χ1) is 8.70. The van der Waals surface area contributed by atoms with Gasteiger partial charge in [-0.05, 0) is 36.2 Å². The van der Waals surface area contributed by atoms with E-state index < -0.39 is 0 Å². The maximum absolute atomic E-state index is 8.89. The molecule has 0 fully saturated rings. The standard InChI is InChI=1S/C14H16N4/c1-11(13-3-5-16-6-4-13)17-9-12-7-14(8-15)18(2)10-12/h3-7,10-11,17H,9H2,1-2H3/t11-/m0/s1. The minimum atomic E-state index is 0.263. The second-order valence-electron chi connectivity index (χ2n) is 4.34. The van der Waals surface area contributed by atoms with Gasteiger partial charge in [-0.25, -0.2) is 0 Å². The molecule has 2 heterocycles. The predicted octanol–water partition coefficient (Wildman–Crippen LogP) is 2.14. The van der Waals surface area contributed by atoms with Crippen molar-refractivity contribution in [2.45, 2.75) is 19.5 Å². The fourth-order valence-electron chi connectivity index (χ4n) is 1.88. The Hall–Kier alpha value is -2.12. The molecule has 0 unspecified atom stereocenters. The number of nitriles is 1. The SMILES string of the molecule is C[C@H](NCc1cc(C#N)n(C)c1)c1ccncc1. The monoisotopic (exact) mass is 240 g/mol. The van der Waals surface area contributed by atoms with Crippen molar-refractivity contribution in [1.82, 2.24) is 14.9 Å². The van der Waals surface area contributed by atoms with E-state index in [1.807, 2.05) is 36.0 Å². The molecule has 92 valence electrons. The van der Waals surface area contributed by atoms with Crippen LogP contribution in [0.4, 0.5) is 0 Å². The molecule has 0 radical (unpaired) electrons. The lowest BCUT2D eigenvalue weighted by atomic mass is 10.1. The molecule has 0 saturated heterocycles. The fraction of sp³-hybridized carbons (Fsp3) is 0.286. The lowest BCUT2D eigenvalue weighted by Gasteiger charge is -2.13. The zero-order valence-electron chi connectivity index (χ0n) is 10.6. The molecule has 1 N–H and O–H groups in total. The summed E-state index contributed by atoms with van der Waals surface area (Å²) in [7, 11) is 1.88. The molecular formula is C14H16N4. The number of hydrogen-bond donors (Lipinski definition) is 1. The Bertz CT molecular complexity index is 551. The zero-order chi connectivity index (χ0) is 13.0. The van der Waals surface area contributed by atoms with Crippen LogP contribution in [0.5, 0.6) is 0 Å². The van der Waals surface area contributed by atoms with Crippen molar-refractivity contribution in [1.29, 1.82) is 5.26 Å². The Morgan fingerprint density at radius 1 is 1.44 bits per heavy atom. The van der Waals surface area contributed by atoms with Crippen LogP contribution < -0.4 is 5.32 Å². The summed E-state index contributed by atoms with van der Waals surface area (Å²) in [4.78, 5) is 4.00. The fourth-order valence-corrected chi connectivity index (χ4v) is 1.88. The van der Waals surface area contributed by atoms with Crippen LogP contribution in [0.1, 0.15) is 29.8 Å². The molecule has 1 atom stereocenters. The van der Waals surface area contributed by atoms with Crippen LogP contribution in [0, 0.1) is 11.3 Å². The highest BCUT2D eigenvalue weighted by molar-refractivity contribution is 5.28. The first-order valence-electron chi connectivity index (χ1n) is 5.89. The van der Waals surface area contributed by atoms with E-state index in [1.165, 1.54) is 5.56 Å². The van der Waals surface area contributed by atoms with Gasteiger partial charge in [0.1, 0.15) is 11.8 Å². The van der Waals surface area contributed by atoms with Crippen LogP contribution >= 0.6 is 0 Å². The third kappa shape index (κ3) is 2.76. The molecule has 18 heavy (non-hydrogen) atoms. The summed E-state index contributed by atoms with van der Waals surface area (Å²) in [5.41, 5.74) is 3.01. The van der Waals surface area contributed by atoms with Gasteiger partial charge in [0, 0.05) is 38.2 Å². The summed E-state index contributed by atoms with van der Waals surface area (Å²) in [5, 5.41) is 12.3. The van der Waals surface area contributed by atoms with E-state index in [9.17, 15) is 0 Å². The Balaban J connectivity index is 1.97. The van der Waals surface area contributed by atoms with Gasteiger partial charge in [-0.15, -0.1) is 0 Å². The minimum Gasteiger partial charge on any atom is -0.342 e. The lowest BCUT2D eigenvalue weighted by Crippen LogP contribution is -2.17. The van der Waals surface area contributed by atoms with Gasteiger partial charge in [-0.1, -0.05) is 0 Å². The Kier molecular flexibility index (Phi) is 3.75. The average Bonchev–Trinajstić information content (AvgIpc) is 2.77. The Labute approximate surface area is 107 Å². The summed E-state index contributed by atoms with van der Waals surface area (Å²) < 4.78 is 1.84. The third-order valence-corrected chi connectivity index (χ3v) is 2.99. The number of nitrogens with one attached hydrogen (secondary N) is 1. The molecule has 0 spiro atoms. The summed E-state index contributed by atoms with van der Waals surface area (Å²) in [5.74, 6) is 0. The highest BCUT2D eigenvalue weighted by Gasteiger charge is 2.06. The first kappa shape index (κ1) is 12.3. The van der Waals surface area contributed by atoms with Gasteiger partial charge in [0.15, 0.2) is 0 Å². The number of aryl methyl sites for hydroxylation is 1. The van der Waals surface area contributed by atoms with Crippen molar-refractivity contribution >= 4 is 0 Å². The van der Waals surface area contributed by atoms with Crippen LogP contribution in [-0.2, 0) is 13.6 Å². The van der Waals surface area contributed by atoms with Crippen LogP contribution in [0.2, 0.25) is 0 Å². The molecule has 0 aliphatic carbocycles. The molecule has 0 bridgehead atoms. The Morgan fingerprint density at radius 3 is 2.78 bits per heavy atom. The summed E-state index contributed by atoms with van der Waals surface area (Å²) in [6.45, 7) is 2.86. The van der Waals surface area contributed by atoms with Crippen molar-refractivity contribution < 1.29 is 0 Å². The molecule has 0 aromatic carbocycles. The molecule has 0 aliphatic rings. The Morgan fingerprint density at radius 2 is 2.17 bits per heavy atom. The van der Waals surface area contributed by atoms with Gasteiger partial charge in [0.05, 0.1) is 0 Å². The number of nitrogens with zero attached hydrogens (tertiary/aromatic N) is 3. The van der Waals surface area contributed by atoms with E-state index in [0.717, 1.165) is 12.1 Å². The van der Waals surface area contributed by atoms with E-state index in [-0.39, 0.29) is 6.04 Å². The van der Waals surface area contributed by atoms with Crippen molar-refractivity contribution in [2.24, 2.45) is 7.05 Å². The van der Waals surface area contributed by atoms with Crippen molar-refractivity contribution in [3.8, 4) is 6.07 Å². The van der Waals surface area contributed by atoms with E-state index in [0.29, 0.717) is 5.69 Å². The highest BCUT2D eigenvalue weighted by Crippen LogP contribution is 2.12. The van der Waals surface area contributed by atoms with Gasteiger partial charge in [-0.3, -0.25) is 4.98 Å². The number of pyridine rings is 1. The normalized spacial score (nSPS) is 12.1. The second-order valence-corrected chi connectivity index (χ2v) is 4.34. The minimum absolute atomic E-state index is 0.263. The maximum atomic E-state index is 8.89. The number of rotatable bonds is 4. The van der Waals surface area contributed by atoms with E-state index >= 15 is 0 Å². The lowest BCUT2D eigenvalue weighted by molar-refractivity contribution is 0.574. The highest BCUT2D eigenvalue weighted by atomic mass is 14.9. The largest absolute Gasteiger partial charge is 0.342 e. The van der Waals surface area contributed by atoms with Gasteiger partial charge in [-0.2, -0.15) is 5.26 Å². The van der Waals surface area contributed by atoms with Crippen molar-refractivity contribution in [3.63, 3.8) is 0 Å². The second kappa shape index (κ2) is 5.48. The van der Waals surface area contributed by atoms with Gasteiger partial charge in [0.25, 0.3) is 0 Å². The summed E-state index contributed by atoms with van der Waals surface area (Å²) >= 11 is 0. The smallest absolute Gasteiger partial charge is 0.120 e. The van der Waals surface area contributed by atoms with E-state index in [2.05, 4.69) is 23.3 Å². The zero-order valence-corrected chi connectivity index (χ0v) is 10.6. The molecule has 2 aromatic heterocycles. The van der Waals surface area contributed by atoms with Gasteiger partial charge < -0.3 is 9.88 Å². The number of aromatic nitrogens is 2. The van der Waals surface area contributed by atoms with Crippen molar-refractivity contribution in [3.05, 3.63) is 53.6 Å². The summed E-state index contributed by atoms with van der Waals surface area (Å²) in [6.07, 6.45) is 5.57. The quantitative estimate of drug-likeness (QED) is 0.890. The van der Waals surface area contributed by atoms with Crippen LogP contribution in [0.15, 0.2) is 36.8 Å². The molecule has 2 aromatic rings. The van der Waals surface area contributed by atoms with Gasteiger partial charge >= 0.3 is 0 Å². The first-order valence-corrected chi connectivity index (χ1v) is 5.89. The number of hydrogen-bond acceptors (Lipinski definition) is 3. The van der Waals surface area contributed by atoms with Crippen LogP contribution in [-0.4, -0.2) is 9.55 Å².